The number of alkyl carbamates (subject to hydrolysis) is 1. The number of amides is 1. The highest BCUT2D eigenvalue weighted by atomic mass is 16.6. The van der Waals surface area contributed by atoms with Crippen LogP contribution in [0.4, 0.5) is 4.79 Å². The molecule has 1 amide bonds. The summed E-state index contributed by atoms with van der Waals surface area (Å²) < 4.78 is 10.9. The number of hydrogen-bond acceptors (Lipinski definition) is 4. The minimum atomic E-state index is -0.478. The highest BCUT2D eigenvalue weighted by molar-refractivity contribution is 5.68. The van der Waals surface area contributed by atoms with Crippen LogP contribution in [0.25, 0.3) is 0 Å². The van der Waals surface area contributed by atoms with Gasteiger partial charge in [-0.15, -0.1) is 0 Å². The number of nitrogens with one attached hydrogen (secondary N) is 2. The average molecular weight is 322 g/mol. The van der Waals surface area contributed by atoms with Gasteiger partial charge in [-0.3, -0.25) is 0 Å². The molecule has 1 heterocycles. The Morgan fingerprint density at radius 3 is 2.83 bits per heavy atom. The molecule has 0 aromatic carbocycles. The number of carbonyl (C=O) groups excluding carboxylic acids is 1. The topological polar surface area (TPSA) is 63.5 Å². The van der Waals surface area contributed by atoms with Gasteiger partial charge in [0.2, 0.25) is 0 Å². The van der Waals surface area contributed by atoms with Crippen molar-refractivity contribution in [3.63, 3.8) is 0 Å². The molecule has 5 heteroatoms. The van der Waals surface area contributed by atoms with Crippen molar-refractivity contribution >= 4 is 6.09 Å². The standard InChI is InChI=1S/C18H30N2O3/c1-12(2)15(20-17(21)23-18(3,4)5)11-19-14-7-6-8-16-13(14)9-10-22-16/h9-10,12,14-15,19H,6-8,11H2,1-5H3,(H,20,21). The number of rotatable bonds is 5. The Labute approximate surface area is 139 Å². The quantitative estimate of drug-likeness (QED) is 0.865. The largest absolute Gasteiger partial charge is 0.469 e. The number of furan rings is 1. The van der Waals surface area contributed by atoms with Gasteiger partial charge in [-0.2, -0.15) is 0 Å². The van der Waals surface area contributed by atoms with Crippen LogP contribution in [-0.2, 0) is 11.2 Å². The first kappa shape index (κ1) is 17.9. The van der Waals surface area contributed by atoms with Crippen LogP contribution >= 0.6 is 0 Å². The number of ether oxygens (including phenoxy) is 1. The van der Waals surface area contributed by atoms with E-state index >= 15 is 0 Å². The van der Waals surface area contributed by atoms with Gasteiger partial charge >= 0.3 is 6.09 Å². The lowest BCUT2D eigenvalue weighted by atomic mass is 9.93. The van der Waals surface area contributed by atoms with Crippen molar-refractivity contribution in [3.05, 3.63) is 23.7 Å². The predicted molar refractivity (Wildman–Crippen MR) is 90.4 cm³/mol. The zero-order valence-corrected chi connectivity index (χ0v) is 14.9. The maximum Gasteiger partial charge on any atom is 0.407 e. The van der Waals surface area contributed by atoms with Crippen molar-refractivity contribution in [2.24, 2.45) is 5.92 Å². The van der Waals surface area contributed by atoms with Crippen LogP contribution in [-0.4, -0.2) is 24.3 Å². The first-order valence-electron chi connectivity index (χ1n) is 8.55. The van der Waals surface area contributed by atoms with Gasteiger partial charge in [0, 0.05) is 30.6 Å². The highest BCUT2D eigenvalue weighted by Gasteiger charge is 2.25. The summed E-state index contributed by atoms with van der Waals surface area (Å²) in [6.45, 7) is 10.5. The summed E-state index contributed by atoms with van der Waals surface area (Å²) in [6.07, 6.45) is 4.66. The van der Waals surface area contributed by atoms with E-state index in [1.807, 2.05) is 20.8 Å². The smallest absolute Gasteiger partial charge is 0.407 e. The van der Waals surface area contributed by atoms with Gasteiger partial charge < -0.3 is 19.8 Å². The second-order valence-electron chi connectivity index (χ2n) is 7.65. The zero-order chi connectivity index (χ0) is 17.0. The van der Waals surface area contributed by atoms with E-state index in [4.69, 9.17) is 9.15 Å². The lowest BCUT2D eigenvalue weighted by Gasteiger charge is -2.29. The van der Waals surface area contributed by atoms with Crippen molar-refractivity contribution in [1.29, 1.82) is 0 Å². The molecule has 0 radical (unpaired) electrons. The Hall–Kier alpha value is -1.49. The van der Waals surface area contributed by atoms with Crippen LogP contribution < -0.4 is 10.6 Å². The van der Waals surface area contributed by atoms with Gasteiger partial charge in [0.15, 0.2) is 0 Å². The van der Waals surface area contributed by atoms with E-state index in [-0.39, 0.29) is 12.1 Å². The Morgan fingerprint density at radius 2 is 2.17 bits per heavy atom. The van der Waals surface area contributed by atoms with Crippen LogP contribution in [0.15, 0.2) is 16.7 Å². The summed E-state index contributed by atoms with van der Waals surface area (Å²) in [6, 6.07) is 2.39. The van der Waals surface area contributed by atoms with E-state index in [1.54, 1.807) is 6.26 Å². The fraction of sp³-hybridized carbons (Fsp3) is 0.722. The number of carbonyl (C=O) groups is 1. The molecule has 0 fully saturated rings. The van der Waals surface area contributed by atoms with Crippen LogP contribution in [0.3, 0.4) is 0 Å². The first-order chi connectivity index (χ1) is 10.8. The third kappa shape index (κ3) is 5.27. The lowest BCUT2D eigenvalue weighted by molar-refractivity contribution is 0.0489. The van der Waals surface area contributed by atoms with Crippen LogP contribution in [0.5, 0.6) is 0 Å². The molecule has 2 unspecified atom stereocenters. The monoisotopic (exact) mass is 322 g/mol. The molecule has 1 aromatic heterocycles. The third-order valence-electron chi connectivity index (χ3n) is 4.14. The van der Waals surface area contributed by atoms with Gasteiger partial charge in [-0.1, -0.05) is 13.8 Å². The summed E-state index contributed by atoms with van der Waals surface area (Å²) in [5, 5.41) is 6.57. The van der Waals surface area contributed by atoms with Crippen molar-refractivity contribution < 1.29 is 13.9 Å². The third-order valence-corrected chi connectivity index (χ3v) is 4.14. The van der Waals surface area contributed by atoms with Gasteiger partial charge in [0.05, 0.1) is 6.26 Å². The normalized spacial score (nSPS) is 19.3. The molecular formula is C18H30N2O3. The second-order valence-corrected chi connectivity index (χ2v) is 7.65. The average Bonchev–Trinajstić information content (AvgIpc) is 2.90. The van der Waals surface area contributed by atoms with Crippen LogP contribution in [0.2, 0.25) is 0 Å². The first-order valence-corrected chi connectivity index (χ1v) is 8.55. The zero-order valence-electron chi connectivity index (χ0n) is 14.9. The maximum absolute atomic E-state index is 12.0. The second kappa shape index (κ2) is 7.39. The van der Waals surface area contributed by atoms with Crippen LogP contribution in [0, 0.1) is 5.92 Å². The summed E-state index contributed by atoms with van der Waals surface area (Å²) in [4.78, 5) is 12.0. The minimum absolute atomic E-state index is 0.0297. The fourth-order valence-electron chi connectivity index (χ4n) is 2.88. The van der Waals surface area contributed by atoms with E-state index in [0.29, 0.717) is 18.5 Å². The Balaban J connectivity index is 1.90. The number of hydrogen-bond donors (Lipinski definition) is 2. The molecule has 5 nitrogen and oxygen atoms in total. The molecule has 0 saturated heterocycles. The summed E-state index contributed by atoms with van der Waals surface area (Å²) in [5.41, 5.74) is 0.782. The van der Waals surface area contributed by atoms with Gasteiger partial charge in [0.1, 0.15) is 11.4 Å². The molecule has 2 rings (SSSR count). The van der Waals surface area contributed by atoms with E-state index in [9.17, 15) is 4.79 Å². The molecular weight excluding hydrogens is 292 g/mol. The maximum atomic E-state index is 12.0. The van der Waals surface area contributed by atoms with Gasteiger partial charge in [0.25, 0.3) is 0 Å². The summed E-state index contributed by atoms with van der Waals surface area (Å²) in [7, 11) is 0. The lowest BCUT2D eigenvalue weighted by Crippen LogP contribution is -2.47. The van der Waals surface area contributed by atoms with E-state index in [0.717, 1.165) is 25.0 Å². The van der Waals surface area contributed by atoms with Gasteiger partial charge in [-0.05, 0) is 45.6 Å². The van der Waals surface area contributed by atoms with E-state index in [1.165, 1.54) is 5.56 Å². The summed E-state index contributed by atoms with van der Waals surface area (Å²) >= 11 is 0. The molecule has 0 aliphatic heterocycles. The number of fused-ring (bicyclic) bond motifs is 1. The molecule has 130 valence electrons. The summed E-state index contributed by atoms with van der Waals surface area (Å²) in [5.74, 6) is 1.41. The van der Waals surface area contributed by atoms with Crippen molar-refractivity contribution in [2.75, 3.05) is 6.54 Å². The van der Waals surface area contributed by atoms with Crippen molar-refractivity contribution in [2.45, 2.75) is 71.6 Å². The highest BCUT2D eigenvalue weighted by Crippen LogP contribution is 2.30. The molecule has 0 bridgehead atoms. The van der Waals surface area contributed by atoms with Crippen LogP contribution in [0.1, 0.15) is 64.8 Å². The fourth-order valence-corrected chi connectivity index (χ4v) is 2.88. The molecule has 1 aromatic rings. The van der Waals surface area contributed by atoms with E-state index < -0.39 is 5.60 Å². The molecule has 1 aliphatic carbocycles. The Morgan fingerprint density at radius 1 is 1.43 bits per heavy atom. The molecule has 0 spiro atoms. The van der Waals surface area contributed by atoms with E-state index in [2.05, 4.69) is 30.5 Å². The molecule has 2 atom stereocenters. The minimum Gasteiger partial charge on any atom is -0.469 e. The van der Waals surface area contributed by atoms with Crippen molar-refractivity contribution in [1.82, 2.24) is 10.6 Å². The van der Waals surface area contributed by atoms with Gasteiger partial charge in [-0.25, -0.2) is 4.79 Å². The molecule has 0 saturated carbocycles. The Bertz CT molecular complexity index is 517. The number of aryl methyl sites for hydroxylation is 1. The molecule has 1 aliphatic rings. The SMILES string of the molecule is CC(C)C(CNC1CCCc2occc21)NC(=O)OC(C)(C)C. The Kier molecular flexibility index (Phi) is 5.74. The molecule has 23 heavy (non-hydrogen) atoms. The molecule has 2 N–H and O–H groups in total. The predicted octanol–water partition coefficient (Wildman–Crippen LogP) is 3.80. The van der Waals surface area contributed by atoms with Crippen molar-refractivity contribution in [3.8, 4) is 0 Å².